The van der Waals surface area contributed by atoms with E-state index in [4.69, 9.17) is 10.5 Å². The van der Waals surface area contributed by atoms with Crippen molar-refractivity contribution in [1.82, 2.24) is 0 Å². The fourth-order valence-corrected chi connectivity index (χ4v) is 3.34. The maximum atomic E-state index is 11.5. The Kier molecular flexibility index (Phi) is 5.02. The normalized spacial score (nSPS) is 27.9. The molecule has 0 radical (unpaired) electrons. The van der Waals surface area contributed by atoms with Crippen LogP contribution in [0.25, 0.3) is 0 Å². The van der Waals surface area contributed by atoms with Crippen LogP contribution in [0.3, 0.4) is 0 Å². The van der Waals surface area contributed by atoms with E-state index in [1.165, 1.54) is 0 Å². The molecule has 1 fully saturated rings. The van der Waals surface area contributed by atoms with Crippen molar-refractivity contribution in [3.63, 3.8) is 0 Å². The summed E-state index contributed by atoms with van der Waals surface area (Å²) in [4.78, 5) is 0. The Balaban J connectivity index is 2.35. The molecule has 90 valence electrons. The second kappa shape index (κ2) is 5.82. The van der Waals surface area contributed by atoms with Gasteiger partial charge in [0.25, 0.3) is 0 Å². The molecule has 0 amide bonds. The summed E-state index contributed by atoms with van der Waals surface area (Å²) in [5.41, 5.74) is 5.91. The van der Waals surface area contributed by atoms with E-state index in [2.05, 4.69) is 0 Å². The minimum Gasteiger partial charge on any atom is -0.381 e. The molecule has 0 aliphatic carbocycles. The second-order valence-corrected chi connectivity index (χ2v) is 6.53. The lowest BCUT2D eigenvalue weighted by atomic mass is 9.94. The molecule has 0 spiro atoms. The second-order valence-electron chi connectivity index (χ2n) is 4.23. The van der Waals surface area contributed by atoms with Crippen LogP contribution in [0.5, 0.6) is 0 Å². The lowest BCUT2D eigenvalue weighted by molar-refractivity contribution is 0.0410. The molecule has 0 bridgehead atoms. The van der Waals surface area contributed by atoms with E-state index < -0.39 is 9.84 Å². The topological polar surface area (TPSA) is 69.4 Å². The molecule has 0 aromatic carbocycles. The molecule has 1 saturated heterocycles. The third-order valence-electron chi connectivity index (χ3n) is 2.85. The van der Waals surface area contributed by atoms with Gasteiger partial charge in [-0.25, -0.2) is 8.42 Å². The van der Waals surface area contributed by atoms with Gasteiger partial charge >= 0.3 is 0 Å². The molecule has 2 atom stereocenters. The highest BCUT2D eigenvalue weighted by Crippen LogP contribution is 2.17. The van der Waals surface area contributed by atoms with Gasteiger partial charge < -0.3 is 10.5 Å². The number of hydrogen-bond acceptors (Lipinski definition) is 4. The highest BCUT2D eigenvalue weighted by Gasteiger charge is 2.24. The van der Waals surface area contributed by atoms with Gasteiger partial charge in [0.05, 0.1) is 12.4 Å². The summed E-state index contributed by atoms with van der Waals surface area (Å²) in [7, 11) is -2.87. The van der Waals surface area contributed by atoms with Gasteiger partial charge in [-0.15, -0.1) is 0 Å². The molecule has 4 nitrogen and oxygen atoms in total. The summed E-state index contributed by atoms with van der Waals surface area (Å²) in [6.07, 6.45) is 2.18. The third-order valence-corrected chi connectivity index (χ3v) is 4.74. The zero-order valence-corrected chi connectivity index (χ0v) is 10.1. The zero-order chi connectivity index (χ0) is 11.3. The van der Waals surface area contributed by atoms with Gasteiger partial charge in [-0.05, 0) is 25.2 Å². The molecule has 1 aliphatic rings. The fraction of sp³-hybridized carbons (Fsp3) is 1.00. The molecule has 0 aromatic heterocycles. The molecule has 1 heterocycles. The largest absolute Gasteiger partial charge is 0.381 e. The van der Waals surface area contributed by atoms with E-state index in [0.717, 1.165) is 6.42 Å². The Hall–Kier alpha value is -0.130. The van der Waals surface area contributed by atoms with E-state index in [1.54, 1.807) is 0 Å². The molecular formula is C10H21NO3S. The monoisotopic (exact) mass is 235 g/mol. The van der Waals surface area contributed by atoms with Crippen molar-refractivity contribution in [3.8, 4) is 0 Å². The molecule has 15 heavy (non-hydrogen) atoms. The standard InChI is InChI=1S/C10H21NO3S/c1-2-6-15(12,13)7-4-9-8-14-5-3-10(9)11/h9-10H,2-8,11H2,1H3. The SMILES string of the molecule is CCCS(=O)(=O)CCC1COCCC1N. The van der Waals surface area contributed by atoms with Crippen molar-refractivity contribution >= 4 is 9.84 Å². The number of sulfone groups is 1. The minimum absolute atomic E-state index is 0.107. The van der Waals surface area contributed by atoms with Gasteiger partial charge in [-0.2, -0.15) is 0 Å². The average Bonchev–Trinajstić information content (AvgIpc) is 2.16. The number of rotatable bonds is 5. The van der Waals surface area contributed by atoms with Crippen LogP contribution in [-0.2, 0) is 14.6 Å². The Morgan fingerprint density at radius 3 is 2.73 bits per heavy atom. The van der Waals surface area contributed by atoms with Gasteiger partial charge in [-0.1, -0.05) is 6.92 Å². The van der Waals surface area contributed by atoms with Crippen LogP contribution in [0.2, 0.25) is 0 Å². The van der Waals surface area contributed by atoms with Crippen LogP contribution < -0.4 is 5.73 Å². The maximum Gasteiger partial charge on any atom is 0.150 e. The first-order valence-corrected chi connectivity index (χ1v) is 7.41. The van der Waals surface area contributed by atoms with E-state index >= 15 is 0 Å². The van der Waals surface area contributed by atoms with Crippen LogP contribution in [0.4, 0.5) is 0 Å². The first-order valence-electron chi connectivity index (χ1n) is 5.59. The third kappa shape index (κ3) is 4.49. The molecule has 5 heteroatoms. The van der Waals surface area contributed by atoms with E-state index in [0.29, 0.717) is 26.1 Å². The van der Waals surface area contributed by atoms with Crippen molar-refractivity contribution in [3.05, 3.63) is 0 Å². The summed E-state index contributed by atoms with van der Waals surface area (Å²) in [5.74, 6) is 0.753. The Bertz CT molecular complexity index is 276. The summed E-state index contributed by atoms with van der Waals surface area (Å²) in [6.45, 7) is 3.20. The van der Waals surface area contributed by atoms with E-state index in [-0.39, 0.29) is 23.5 Å². The summed E-state index contributed by atoms with van der Waals surface area (Å²) in [6, 6.07) is 0.107. The zero-order valence-electron chi connectivity index (χ0n) is 9.31. The van der Waals surface area contributed by atoms with Crippen LogP contribution >= 0.6 is 0 Å². The summed E-state index contributed by atoms with van der Waals surface area (Å²) in [5, 5.41) is 0. The Labute approximate surface area is 92.1 Å². The molecule has 0 saturated carbocycles. The molecule has 1 rings (SSSR count). The van der Waals surface area contributed by atoms with Crippen LogP contribution in [-0.4, -0.2) is 39.2 Å². The predicted molar refractivity (Wildman–Crippen MR) is 60.5 cm³/mol. The lowest BCUT2D eigenvalue weighted by Gasteiger charge is -2.28. The van der Waals surface area contributed by atoms with E-state index in [1.807, 2.05) is 6.92 Å². The predicted octanol–water partition coefficient (Wildman–Crippen LogP) is 0.565. The Morgan fingerprint density at radius 2 is 2.13 bits per heavy atom. The van der Waals surface area contributed by atoms with Gasteiger partial charge in [-0.3, -0.25) is 0 Å². The molecule has 1 aliphatic heterocycles. The van der Waals surface area contributed by atoms with Crippen molar-refractivity contribution in [1.29, 1.82) is 0 Å². The minimum atomic E-state index is -2.87. The van der Waals surface area contributed by atoms with Crippen LogP contribution in [0.1, 0.15) is 26.2 Å². The number of ether oxygens (including phenoxy) is 1. The maximum absolute atomic E-state index is 11.5. The molecule has 0 aromatic rings. The van der Waals surface area contributed by atoms with E-state index in [9.17, 15) is 8.42 Å². The quantitative estimate of drug-likeness (QED) is 0.756. The van der Waals surface area contributed by atoms with Gasteiger partial charge in [0.15, 0.2) is 0 Å². The smallest absolute Gasteiger partial charge is 0.150 e. The average molecular weight is 235 g/mol. The molecular weight excluding hydrogens is 214 g/mol. The van der Waals surface area contributed by atoms with Gasteiger partial charge in [0.2, 0.25) is 0 Å². The lowest BCUT2D eigenvalue weighted by Crippen LogP contribution is -2.39. The number of nitrogens with two attached hydrogens (primary N) is 1. The molecule has 2 N–H and O–H groups in total. The van der Waals surface area contributed by atoms with Gasteiger partial charge in [0, 0.05) is 18.4 Å². The number of hydrogen-bond donors (Lipinski definition) is 1. The van der Waals surface area contributed by atoms with Gasteiger partial charge in [0.1, 0.15) is 9.84 Å². The van der Waals surface area contributed by atoms with Crippen molar-refractivity contribution < 1.29 is 13.2 Å². The highest BCUT2D eigenvalue weighted by molar-refractivity contribution is 7.91. The summed E-state index contributed by atoms with van der Waals surface area (Å²) < 4.78 is 28.3. The first kappa shape index (κ1) is 12.9. The highest BCUT2D eigenvalue weighted by atomic mass is 32.2. The van der Waals surface area contributed by atoms with Crippen molar-refractivity contribution in [2.45, 2.75) is 32.2 Å². The first-order chi connectivity index (χ1) is 7.05. The fourth-order valence-electron chi connectivity index (χ4n) is 1.85. The van der Waals surface area contributed by atoms with Crippen LogP contribution in [0.15, 0.2) is 0 Å². The Morgan fingerprint density at radius 1 is 1.40 bits per heavy atom. The molecule has 2 unspecified atom stereocenters. The van der Waals surface area contributed by atoms with Crippen molar-refractivity contribution in [2.75, 3.05) is 24.7 Å². The summed E-state index contributed by atoms with van der Waals surface area (Å²) >= 11 is 0. The van der Waals surface area contributed by atoms with Crippen LogP contribution in [0, 0.1) is 5.92 Å². The van der Waals surface area contributed by atoms with Crippen molar-refractivity contribution in [2.24, 2.45) is 11.7 Å².